The molecule has 29 heavy (non-hydrogen) atoms. The zero-order chi connectivity index (χ0) is 19.6. The van der Waals surface area contributed by atoms with Crippen LogP contribution in [-0.2, 0) is 19.5 Å². The van der Waals surface area contributed by atoms with Gasteiger partial charge in [0.25, 0.3) is 0 Å². The minimum Gasteiger partial charge on any atom is -0.393 e. The summed E-state index contributed by atoms with van der Waals surface area (Å²) >= 11 is 0. The average Bonchev–Trinajstić information content (AvgIpc) is 3.16. The van der Waals surface area contributed by atoms with Gasteiger partial charge in [0.2, 0.25) is 0 Å². The topological polar surface area (TPSA) is 74.5 Å². The van der Waals surface area contributed by atoms with Crippen LogP contribution in [0.1, 0.15) is 50.4 Å². The van der Waals surface area contributed by atoms with E-state index in [1.165, 1.54) is 5.56 Å². The van der Waals surface area contributed by atoms with E-state index in [4.69, 9.17) is 4.99 Å². The first kappa shape index (κ1) is 23.7. The molecule has 1 saturated carbocycles. The Hall–Kier alpha value is -1.61. The summed E-state index contributed by atoms with van der Waals surface area (Å²) in [5.41, 5.74) is 1.37. The third-order valence-electron chi connectivity index (χ3n) is 5.27. The Kier molecular flexibility index (Phi) is 10.5. The summed E-state index contributed by atoms with van der Waals surface area (Å²) in [6.45, 7) is 4.41. The molecule has 1 aliphatic rings. The minimum atomic E-state index is -0.138. The number of aliphatic hydroxyl groups excluding tert-OH is 1. The van der Waals surface area contributed by atoms with Crippen molar-refractivity contribution in [3.8, 4) is 0 Å². The number of aliphatic imine (C=N–C) groups is 1. The molecule has 1 aliphatic carbocycles. The van der Waals surface area contributed by atoms with Crippen molar-refractivity contribution in [1.82, 2.24) is 20.2 Å². The van der Waals surface area contributed by atoms with Crippen LogP contribution < -0.4 is 10.6 Å². The first-order valence-corrected chi connectivity index (χ1v) is 10.5. The molecule has 2 aromatic rings. The van der Waals surface area contributed by atoms with Crippen LogP contribution in [0.2, 0.25) is 0 Å². The Morgan fingerprint density at radius 1 is 1.21 bits per heavy atom. The van der Waals surface area contributed by atoms with Crippen LogP contribution in [0.5, 0.6) is 0 Å². The highest BCUT2D eigenvalue weighted by molar-refractivity contribution is 14.0. The normalized spacial score (nSPS) is 19.4. The summed E-state index contributed by atoms with van der Waals surface area (Å²) in [4.78, 5) is 9.24. The zero-order valence-corrected chi connectivity index (χ0v) is 19.6. The van der Waals surface area contributed by atoms with Crippen LogP contribution >= 0.6 is 24.0 Å². The van der Waals surface area contributed by atoms with E-state index in [0.29, 0.717) is 12.6 Å². The predicted molar refractivity (Wildman–Crippen MR) is 129 cm³/mol. The van der Waals surface area contributed by atoms with E-state index in [9.17, 15) is 5.11 Å². The van der Waals surface area contributed by atoms with Gasteiger partial charge in [-0.05, 0) is 51.0 Å². The van der Waals surface area contributed by atoms with Crippen LogP contribution in [0.4, 0.5) is 0 Å². The average molecular weight is 511 g/mol. The maximum absolute atomic E-state index is 9.68. The van der Waals surface area contributed by atoms with Crippen molar-refractivity contribution in [2.75, 3.05) is 6.54 Å². The maximum Gasteiger partial charge on any atom is 0.191 e. The van der Waals surface area contributed by atoms with E-state index < -0.39 is 0 Å². The van der Waals surface area contributed by atoms with Gasteiger partial charge in [0.1, 0.15) is 12.4 Å². The van der Waals surface area contributed by atoms with E-state index in [1.54, 1.807) is 0 Å². The molecule has 0 radical (unpaired) electrons. The van der Waals surface area contributed by atoms with Gasteiger partial charge >= 0.3 is 0 Å². The Bertz CT molecular complexity index is 726. The van der Waals surface area contributed by atoms with E-state index in [1.807, 2.05) is 12.4 Å². The van der Waals surface area contributed by atoms with Gasteiger partial charge in [-0.3, -0.25) is 0 Å². The minimum absolute atomic E-state index is 0. The molecule has 160 valence electrons. The van der Waals surface area contributed by atoms with Crippen LogP contribution in [0.15, 0.2) is 47.7 Å². The van der Waals surface area contributed by atoms with Crippen molar-refractivity contribution < 1.29 is 5.11 Å². The van der Waals surface area contributed by atoms with Crippen molar-refractivity contribution >= 4 is 29.9 Å². The van der Waals surface area contributed by atoms with Crippen LogP contribution in [0, 0.1) is 0 Å². The summed E-state index contributed by atoms with van der Waals surface area (Å²) in [6, 6.07) is 11.0. The smallest absolute Gasteiger partial charge is 0.191 e. The largest absolute Gasteiger partial charge is 0.393 e. The van der Waals surface area contributed by atoms with Gasteiger partial charge in [0, 0.05) is 31.5 Å². The Balaban J connectivity index is 0.00000300. The lowest BCUT2D eigenvalue weighted by Gasteiger charge is -2.27. The number of imidazole rings is 1. The lowest BCUT2D eigenvalue weighted by Crippen LogP contribution is -2.45. The molecule has 0 spiro atoms. The Morgan fingerprint density at radius 2 is 1.97 bits per heavy atom. The van der Waals surface area contributed by atoms with Gasteiger partial charge in [-0.1, -0.05) is 30.3 Å². The van der Waals surface area contributed by atoms with Crippen LogP contribution in [0.3, 0.4) is 0 Å². The molecule has 0 amide bonds. The van der Waals surface area contributed by atoms with Crippen molar-refractivity contribution in [1.29, 1.82) is 0 Å². The number of hydrogen-bond acceptors (Lipinski definition) is 3. The monoisotopic (exact) mass is 511 g/mol. The molecule has 0 aliphatic heterocycles. The van der Waals surface area contributed by atoms with Crippen molar-refractivity contribution in [3.63, 3.8) is 0 Å². The van der Waals surface area contributed by atoms with Gasteiger partial charge in [-0.15, -0.1) is 24.0 Å². The fraction of sp³-hybridized carbons (Fsp3) is 0.545. The second-order valence-electron chi connectivity index (χ2n) is 7.47. The molecular formula is C22H34IN5O. The quantitative estimate of drug-likeness (QED) is 0.288. The van der Waals surface area contributed by atoms with Crippen molar-refractivity contribution in [2.24, 2.45) is 4.99 Å². The van der Waals surface area contributed by atoms with Gasteiger partial charge in [-0.25, -0.2) is 9.98 Å². The standard InChI is InChI=1S/C22H33N5O.HI/c1-2-23-22(26-19-10-12-20(28)13-11-19)25-17-21-24-14-16-27(21)15-6-9-18-7-4-3-5-8-18;/h3-5,7-8,14,16,19-20,28H,2,6,9-13,15,17H2,1H3,(H2,23,25,26);1H. The number of hydrogen-bond donors (Lipinski definition) is 3. The van der Waals surface area contributed by atoms with Crippen molar-refractivity contribution in [3.05, 3.63) is 54.1 Å². The van der Waals surface area contributed by atoms with Gasteiger partial charge in [0.05, 0.1) is 6.10 Å². The Labute approximate surface area is 191 Å². The predicted octanol–water partition coefficient (Wildman–Crippen LogP) is 3.49. The molecule has 0 saturated heterocycles. The highest BCUT2D eigenvalue weighted by atomic mass is 127. The number of rotatable bonds is 8. The lowest BCUT2D eigenvalue weighted by molar-refractivity contribution is 0.120. The molecule has 3 rings (SSSR count). The van der Waals surface area contributed by atoms with Gasteiger partial charge < -0.3 is 20.3 Å². The van der Waals surface area contributed by atoms with E-state index in [0.717, 1.165) is 63.4 Å². The number of nitrogens with one attached hydrogen (secondary N) is 2. The molecule has 6 nitrogen and oxygen atoms in total. The summed E-state index contributed by atoms with van der Waals surface area (Å²) in [5, 5.41) is 16.5. The number of aliphatic hydroxyl groups is 1. The van der Waals surface area contributed by atoms with Crippen LogP contribution in [-0.4, -0.2) is 39.3 Å². The Morgan fingerprint density at radius 3 is 2.69 bits per heavy atom. The molecule has 0 atom stereocenters. The first-order chi connectivity index (χ1) is 13.7. The van der Waals surface area contributed by atoms with E-state index >= 15 is 0 Å². The number of aromatic nitrogens is 2. The highest BCUT2D eigenvalue weighted by Gasteiger charge is 2.20. The van der Waals surface area contributed by atoms with Gasteiger partial charge in [-0.2, -0.15) is 0 Å². The SMILES string of the molecule is CCNC(=NCc1nccn1CCCc1ccccc1)NC1CCC(O)CC1.I. The number of benzene rings is 1. The number of halogens is 1. The second kappa shape index (κ2) is 12.8. The fourth-order valence-corrected chi connectivity index (χ4v) is 3.68. The summed E-state index contributed by atoms with van der Waals surface area (Å²) < 4.78 is 2.20. The third-order valence-corrected chi connectivity index (χ3v) is 5.27. The molecular weight excluding hydrogens is 477 g/mol. The summed E-state index contributed by atoms with van der Waals surface area (Å²) in [7, 11) is 0. The second-order valence-corrected chi connectivity index (χ2v) is 7.47. The first-order valence-electron chi connectivity index (χ1n) is 10.5. The lowest BCUT2D eigenvalue weighted by atomic mass is 9.93. The molecule has 7 heteroatoms. The van der Waals surface area contributed by atoms with E-state index in [2.05, 4.69) is 57.4 Å². The van der Waals surface area contributed by atoms with Crippen molar-refractivity contribution in [2.45, 2.75) is 70.7 Å². The van der Waals surface area contributed by atoms with E-state index in [-0.39, 0.29) is 30.1 Å². The molecule has 0 bridgehead atoms. The summed E-state index contributed by atoms with van der Waals surface area (Å²) in [5.74, 6) is 1.83. The molecule has 1 aromatic carbocycles. The maximum atomic E-state index is 9.68. The molecule has 3 N–H and O–H groups in total. The molecule has 0 unspecified atom stereocenters. The molecule has 1 aromatic heterocycles. The van der Waals surface area contributed by atoms with Gasteiger partial charge in [0.15, 0.2) is 5.96 Å². The molecule has 1 heterocycles. The number of aryl methyl sites for hydroxylation is 2. The molecule has 1 fully saturated rings. The fourth-order valence-electron chi connectivity index (χ4n) is 3.68. The number of nitrogens with zero attached hydrogens (tertiary/aromatic N) is 3. The number of guanidine groups is 1. The zero-order valence-electron chi connectivity index (χ0n) is 17.3. The highest BCUT2D eigenvalue weighted by Crippen LogP contribution is 2.18. The third kappa shape index (κ3) is 7.97. The summed E-state index contributed by atoms with van der Waals surface area (Å²) in [6.07, 6.45) is 9.61. The van der Waals surface area contributed by atoms with Crippen LogP contribution in [0.25, 0.3) is 0 Å².